The van der Waals surface area contributed by atoms with Gasteiger partial charge in [-0.3, -0.25) is 24.6 Å². The molecule has 0 bridgehead atoms. The Bertz CT molecular complexity index is 1020. The molecule has 0 atom stereocenters. The van der Waals surface area contributed by atoms with Crippen molar-refractivity contribution in [1.29, 1.82) is 0 Å². The van der Waals surface area contributed by atoms with Crippen LogP contribution in [0.5, 0.6) is 0 Å². The summed E-state index contributed by atoms with van der Waals surface area (Å²) in [6.07, 6.45) is 1.45. The summed E-state index contributed by atoms with van der Waals surface area (Å²) in [5, 5.41) is 19.8. The second-order valence-corrected chi connectivity index (χ2v) is 7.37. The smallest absolute Gasteiger partial charge is 0.323 e. The highest BCUT2D eigenvalue weighted by molar-refractivity contribution is 8.26. The molecule has 1 amide bonds. The van der Waals surface area contributed by atoms with E-state index >= 15 is 0 Å². The molecule has 1 aromatic carbocycles. The van der Waals surface area contributed by atoms with Gasteiger partial charge >= 0.3 is 5.97 Å². The van der Waals surface area contributed by atoms with E-state index in [0.29, 0.717) is 17.1 Å². The van der Waals surface area contributed by atoms with Crippen molar-refractivity contribution in [2.24, 2.45) is 0 Å². The van der Waals surface area contributed by atoms with Crippen LogP contribution in [-0.4, -0.2) is 37.7 Å². The van der Waals surface area contributed by atoms with Crippen molar-refractivity contribution in [1.82, 2.24) is 4.90 Å². The number of aliphatic carboxylic acids is 1. The van der Waals surface area contributed by atoms with Crippen LogP contribution in [0.2, 0.25) is 5.02 Å². The van der Waals surface area contributed by atoms with Gasteiger partial charge in [-0.2, -0.15) is 0 Å². The van der Waals surface area contributed by atoms with Gasteiger partial charge in [-0.05, 0) is 18.2 Å². The average Bonchev–Trinajstić information content (AvgIpc) is 3.15. The number of hydrogen-bond donors (Lipinski definition) is 1. The number of hydrogen-bond acceptors (Lipinski definition) is 7. The Morgan fingerprint density at radius 1 is 1.41 bits per heavy atom. The fraction of sp³-hybridized carbons (Fsp3) is 0.0625. The number of halogens is 1. The minimum atomic E-state index is -1.17. The van der Waals surface area contributed by atoms with Gasteiger partial charge in [0.15, 0.2) is 0 Å². The van der Waals surface area contributed by atoms with E-state index in [1.54, 1.807) is 12.1 Å². The number of thioether (sulfide) groups is 1. The minimum absolute atomic E-state index is 0.141. The van der Waals surface area contributed by atoms with Crippen LogP contribution in [0.15, 0.2) is 39.7 Å². The Labute approximate surface area is 166 Å². The number of rotatable bonds is 5. The zero-order valence-electron chi connectivity index (χ0n) is 13.2. The van der Waals surface area contributed by atoms with E-state index in [9.17, 15) is 19.7 Å². The Morgan fingerprint density at radius 2 is 2.15 bits per heavy atom. The molecule has 0 spiro atoms. The van der Waals surface area contributed by atoms with E-state index in [2.05, 4.69) is 0 Å². The number of carbonyl (C=O) groups is 2. The van der Waals surface area contributed by atoms with Crippen molar-refractivity contribution in [3.63, 3.8) is 0 Å². The van der Waals surface area contributed by atoms with E-state index in [1.165, 1.54) is 24.3 Å². The Morgan fingerprint density at radius 3 is 2.78 bits per heavy atom. The topological polar surface area (TPSA) is 114 Å². The first-order chi connectivity index (χ1) is 12.8. The molecule has 11 heteroatoms. The van der Waals surface area contributed by atoms with Crippen molar-refractivity contribution in [2.45, 2.75) is 0 Å². The first kappa shape index (κ1) is 19.1. The molecule has 138 valence electrons. The Hall–Kier alpha value is -2.69. The molecule has 1 aliphatic rings. The van der Waals surface area contributed by atoms with Crippen molar-refractivity contribution >= 4 is 63.5 Å². The first-order valence-electron chi connectivity index (χ1n) is 7.27. The molecular formula is C16H9ClN2O6S2. The molecule has 8 nitrogen and oxygen atoms in total. The molecule has 0 saturated carbocycles. The molecule has 1 N–H and O–H groups in total. The Kier molecular flexibility index (Phi) is 5.31. The van der Waals surface area contributed by atoms with Gasteiger partial charge in [0.2, 0.25) is 0 Å². The van der Waals surface area contributed by atoms with E-state index in [1.807, 2.05) is 0 Å². The highest BCUT2D eigenvalue weighted by Crippen LogP contribution is 2.35. The van der Waals surface area contributed by atoms with Crippen LogP contribution in [-0.2, 0) is 9.59 Å². The maximum absolute atomic E-state index is 12.2. The fourth-order valence-corrected chi connectivity index (χ4v) is 3.80. The van der Waals surface area contributed by atoms with E-state index in [0.717, 1.165) is 16.7 Å². The molecule has 1 saturated heterocycles. The maximum Gasteiger partial charge on any atom is 0.323 e. The number of amides is 1. The van der Waals surface area contributed by atoms with Crippen LogP contribution in [0.25, 0.3) is 17.4 Å². The summed E-state index contributed by atoms with van der Waals surface area (Å²) in [6, 6.07) is 7.19. The summed E-state index contributed by atoms with van der Waals surface area (Å²) in [4.78, 5) is 34.5. The molecule has 2 heterocycles. The third-order valence-corrected chi connectivity index (χ3v) is 5.19. The van der Waals surface area contributed by atoms with Crippen LogP contribution in [0.1, 0.15) is 5.76 Å². The summed E-state index contributed by atoms with van der Waals surface area (Å²) in [7, 11) is 0. The third-order valence-electron chi connectivity index (χ3n) is 3.50. The maximum atomic E-state index is 12.2. The summed E-state index contributed by atoms with van der Waals surface area (Å²) in [5.74, 6) is -0.989. The van der Waals surface area contributed by atoms with Gasteiger partial charge < -0.3 is 9.52 Å². The van der Waals surface area contributed by atoms with Crippen molar-refractivity contribution < 1.29 is 24.0 Å². The number of nitrogens with zero attached hydrogens (tertiary/aromatic N) is 2. The van der Waals surface area contributed by atoms with Crippen LogP contribution < -0.4 is 0 Å². The van der Waals surface area contributed by atoms with Crippen molar-refractivity contribution in [2.75, 3.05) is 6.54 Å². The summed E-state index contributed by atoms with van der Waals surface area (Å²) in [5.41, 5.74) is 0.318. The van der Waals surface area contributed by atoms with Gasteiger partial charge in [0.1, 0.15) is 22.4 Å². The average molecular weight is 425 g/mol. The van der Waals surface area contributed by atoms with Gasteiger partial charge in [0, 0.05) is 23.8 Å². The van der Waals surface area contributed by atoms with E-state index < -0.39 is 23.3 Å². The number of carbonyl (C=O) groups excluding carboxylic acids is 1. The summed E-state index contributed by atoms with van der Waals surface area (Å²) < 4.78 is 5.79. The number of benzene rings is 1. The molecule has 1 aromatic heterocycles. The third kappa shape index (κ3) is 4.02. The van der Waals surface area contributed by atoms with Gasteiger partial charge in [-0.25, -0.2) is 0 Å². The number of nitro groups is 1. The number of thiocarbonyl (C=S) groups is 1. The highest BCUT2D eigenvalue weighted by atomic mass is 35.5. The lowest BCUT2D eigenvalue weighted by Gasteiger charge is -2.09. The monoisotopic (exact) mass is 424 g/mol. The van der Waals surface area contributed by atoms with Crippen LogP contribution in [0.3, 0.4) is 0 Å². The predicted octanol–water partition coefficient (Wildman–Crippen LogP) is 3.79. The number of carboxylic acid groups (broad SMARTS) is 1. The minimum Gasteiger partial charge on any atom is -0.480 e. The highest BCUT2D eigenvalue weighted by Gasteiger charge is 2.33. The summed E-state index contributed by atoms with van der Waals surface area (Å²) in [6.45, 7) is -0.510. The lowest BCUT2D eigenvalue weighted by molar-refractivity contribution is -0.384. The van der Waals surface area contributed by atoms with Gasteiger partial charge in [0.25, 0.3) is 11.6 Å². The van der Waals surface area contributed by atoms with Crippen LogP contribution in [0.4, 0.5) is 5.69 Å². The first-order valence-corrected chi connectivity index (χ1v) is 8.88. The van der Waals surface area contributed by atoms with E-state index in [-0.39, 0.29) is 19.9 Å². The largest absolute Gasteiger partial charge is 0.480 e. The zero-order valence-corrected chi connectivity index (χ0v) is 15.6. The Balaban J connectivity index is 1.86. The SMILES string of the molecule is O=C(O)CN1C(=O)/C(=C\c2ccc(-c3ccc([N+](=O)[O-])cc3Cl)o2)SC1=S. The molecule has 1 aliphatic heterocycles. The predicted molar refractivity (Wildman–Crippen MR) is 103 cm³/mol. The normalized spacial score (nSPS) is 15.6. The number of carboxylic acids is 1. The van der Waals surface area contributed by atoms with Crippen molar-refractivity contribution in [3.05, 3.63) is 56.1 Å². The second kappa shape index (κ2) is 7.51. The molecule has 3 rings (SSSR count). The quantitative estimate of drug-likeness (QED) is 0.333. The van der Waals surface area contributed by atoms with E-state index in [4.69, 9.17) is 33.3 Å². The molecule has 0 unspecified atom stereocenters. The van der Waals surface area contributed by atoms with Gasteiger partial charge in [0.05, 0.1) is 14.9 Å². The summed E-state index contributed by atoms with van der Waals surface area (Å²) >= 11 is 12.1. The molecule has 1 fully saturated rings. The molecule has 2 aromatic rings. The van der Waals surface area contributed by atoms with Crippen molar-refractivity contribution in [3.8, 4) is 11.3 Å². The van der Waals surface area contributed by atoms with Crippen LogP contribution >= 0.6 is 35.6 Å². The number of nitro benzene ring substituents is 1. The number of furan rings is 1. The molecule has 0 aliphatic carbocycles. The van der Waals surface area contributed by atoms with Crippen LogP contribution in [0, 0.1) is 10.1 Å². The second-order valence-electron chi connectivity index (χ2n) is 5.28. The lowest BCUT2D eigenvalue weighted by Crippen LogP contribution is -2.33. The molecular weight excluding hydrogens is 416 g/mol. The number of non-ortho nitro benzene ring substituents is 1. The standard InChI is InChI=1S/C16H9ClN2O6S2/c17-11-5-8(19(23)24)1-3-10(11)12-4-2-9(25-12)6-13-15(22)18(7-14(20)21)16(26)27-13/h1-6H,7H2,(H,20,21)/b13-6+. The molecule has 0 radical (unpaired) electrons. The van der Waals surface area contributed by atoms with Gasteiger partial charge in [-0.1, -0.05) is 35.6 Å². The lowest BCUT2D eigenvalue weighted by atomic mass is 10.1. The molecule has 27 heavy (non-hydrogen) atoms. The van der Waals surface area contributed by atoms with Gasteiger partial charge in [-0.15, -0.1) is 0 Å². The zero-order chi connectivity index (χ0) is 19.7. The fourth-order valence-electron chi connectivity index (χ4n) is 2.29.